The summed E-state index contributed by atoms with van der Waals surface area (Å²) in [7, 11) is 0. The molecular formula is C18H28N4O3. The molecule has 1 atom stereocenters. The molecule has 0 aliphatic heterocycles. The lowest BCUT2D eigenvalue weighted by Crippen LogP contribution is -2.35. The van der Waals surface area contributed by atoms with Crippen LogP contribution < -0.4 is 16.2 Å². The Labute approximate surface area is 147 Å². The summed E-state index contributed by atoms with van der Waals surface area (Å²) in [6, 6.07) is 7.24. The molecule has 1 aromatic heterocycles. The number of nitrogens with one attached hydrogen (secondary N) is 3. The smallest absolute Gasteiger partial charge is 0.272 e. The third-order valence-corrected chi connectivity index (χ3v) is 3.51. The molecule has 1 heterocycles. The minimum absolute atomic E-state index is 0.219. The van der Waals surface area contributed by atoms with Crippen molar-refractivity contribution in [2.45, 2.75) is 46.1 Å². The molecule has 7 nitrogen and oxygen atoms in total. The number of hydrogen-bond donors (Lipinski definition) is 4. The van der Waals surface area contributed by atoms with Crippen molar-refractivity contribution in [1.82, 2.24) is 15.5 Å². The number of rotatable bonds is 8. The summed E-state index contributed by atoms with van der Waals surface area (Å²) in [5.74, 6) is 0.275. The molecule has 0 saturated heterocycles. The number of aromatic nitrogens is 2. The molecule has 0 spiro atoms. The third-order valence-electron chi connectivity index (χ3n) is 3.51. The largest absolute Gasteiger partial charge is 0.383 e. The molecule has 7 heteroatoms. The minimum Gasteiger partial charge on any atom is -0.383 e. The van der Waals surface area contributed by atoms with Gasteiger partial charge in [0.2, 0.25) is 5.91 Å². The van der Waals surface area contributed by atoms with Gasteiger partial charge in [0.15, 0.2) is 5.82 Å². The van der Waals surface area contributed by atoms with Crippen LogP contribution in [0.3, 0.4) is 0 Å². The summed E-state index contributed by atoms with van der Waals surface area (Å²) in [6.07, 6.45) is 0.982. The summed E-state index contributed by atoms with van der Waals surface area (Å²) in [4.78, 5) is 23.2. The standard InChI is InChI=1S/C16H22N4O3.C2H6/c1-2-6-13(21)16(23)18-10-5-9-17-14-11-7-3-4-8-12(11)15(22)20-19-14;1-2/h3-4,7-8,13,21H,2,5-6,9-10H2,1H3,(H,17,19)(H,18,23)(H,20,22);1-2H3. The zero-order valence-corrected chi connectivity index (χ0v) is 15.1. The lowest BCUT2D eigenvalue weighted by atomic mass is 10.2. The molecule has 0 aliphatic rings. The highest BCUT2D eigenvalue weighted by Crippen LogP contribution is 2.16. The Morgan fingerprint density at radius 1 is 1.24 bits per heavy atom. The Hall–Kier alpha value is -2.41. The second-order valence-corrected chi connectivity index (χ2v) is 5.32. The molecule has 0 bridgehead atoms. The summed E-state index contributed by atoms with van der Waals surface area (Å²) in [5.41, 5.74) is -0.219. The molecule has 0 saturated carbocycles. The summed E-state index contributed by atoms with van der Waals surface area (Å²) >= 11 is 0. The van der Waals surface area contributed by atoms with E-state index in [4.69, 9.17) is 0 Å². The number of aliphatic hydroxyl groups excluding tert-OH is 1. The van der Waals surface area contributed by atoms with Gasteiger partial charge in [0, 0.05) is 18.5 Å². The summed E-state index contributed by atoms with van der Waals surface area (Å²) in [5, 5.41) is 23.2. The van der Waals surface area contributed by atoms with Crippen LogP contribution in [0.1, 0.15) is 40.0 Å². The Balaban J connectivity index is 0.00000151. The average Bonchev–Trinajstić information content (AvgIpc) is 2.65. The first-order valence-electron chi connectivity index (χ1n) is 8.80. The monoisotopic (exact) mass is 348 g/mol. The Morgan fingerprint density at radius 2 is 1.92 bits per heavy atom. The van der Waals surface area contributed by atoms with Crippen molar-refractivity contribution in [3.8, 4) is 0 Å². The summed E-state index contributed by atoms with van der Waals surface area (Å²) < 4.78 is 0. The van der Waals surface area contributed by atoms with E-state index in [-0.39, 0.29) is 11.5 Å². The van der Waals surface area contributed by atoms with Crippen LogP contribution >= 0.6 is 0 Å². The number of aromatic amines is 1. The maximum Gasteiger partial charge on any atom is 0.272 e. The number of carbonyl (C=O) groups excluding carboxylic acids is 1. The van der Waals surface area contributed by atoms with Crippen LogP contribution in [-0.4, -0.2) is 40.4 Å². The van der Waals surface area contributed by atoms with Crippen molar-refractivity contribution in [2.75, 3.05) is 18.4 Å². The lowest BCUT2D eigenvalue weighted by molar-refractivity contribution is -0.129. The number of amides is 1. The van der Waals surface area contributed by atoms with Crippen molar-refractivity contribution >= 4 is 22.5 Å². The number of hydrogen-bond acceptors (Lipinski definition) is 5. The Morgan fingerprint density at radius 3 is 2.60 bits per heavy atom. The SMILES string of the molecule is CC.CCCC(O)C(=O)NCCCNc1n[nH]c(=O)c2ccccc12. The normalized spacial score (nSPS) is 11.4. The Kier molecular flexibility index (Phi) is 9.24. The van der Waals surface area contributed by atoms with Gasteiger partial charge < -0.3 is 15.7 Å². The molecule has 1 aromatic carbocycles. The lowest BCUT2D eigenvalue weighted by Gasteiger charge is -2.11. The summed E-state index contributed by atoms with van der Waals surface area (Å²) in [6.45, 7) is 6.98. The fourth-order valence-electron chi connectivity index (χ4n) is 2.28. The van der Waals surface area contributed by atoms with Crippen molar-refractivity contribution in [3.63, 3.8) is 0 Å². The topological polar surface area (TPSA) is 107 Å². The van der Waals surface area contributed by atoms with Crippen molar-refractivity contribution in [3.05, 3.63) is 34.6 Å². The van der Waals surface area contributed by atoms with Crippen LogP contribution in [0, 0.1) is 0 Å². The fraction of sp³-hybridized carbons (Fsp3) is 0.500. The highest BCUT2D eigenvalue weighted by Gasteiger charge is 2.12. The van der Waals surface area contributed by atoms with E-state index in [1.54, 1.807) is 12.1 Å². The van der Waals surface area contributed by atoms with Gasteiger partial charge in [0.05, 0.1) is 5.39 Å². The first-order chi connectivity index (χ1) is 12.1. The van der Waals surface area contributed by atoms with E-state index in [9.17, 15) is 14.7 Å². The van der Waals surface area contributed by atoms with E-state index >= 15 is 0 Å². The Bertz CT molecular complexity index is 715. The second kappa shape index (κ2) is 11.2. The molecule has 0 radical (unpaired) electrons. The van der Waals surface area contributed by atoms with E-state index in [1.165, 1.54) is 0 Å². The quantitative estimate of drug-likeness (QED) is 0.546. The first-order valence-corrected chi connectivity index (χ1v) is 8.80. The maximum absolute atomic E-state index is 11.7. The molecule has 1 unspecified atom stereocenters. The van der Waals surface area contributed by atoms with Crippen LogP contribution in [0.2, 0.25) is 0 Å². The highest BCUT2D eigenvalue weighted by molar-refractivity contribution is 5.90. The number of aliphatic hydroxyl groups is 1. The molecule has 1 amide bonds. The van der Waals surface area contributed by atoms with Gasteiger partial charge in [-0.15, -0.1) is 0 Å². The number of fused-ring (bicyclic) bond motifs is 1. The molecule has 25 heavy (non-hydrogen) atoms. The van der Waals surface area contributed by atoms with Gasteiger partial charge in [0.25, 0.3) is 5.56 Å². The molecule has 2 rings (SSSR count). The highest BCUT2D eigenvalue weighted by atomic mass is 16.3. The second-order valence-electron chi connectivity index (χ2n) is 5.32. The minimum atomic E-state index is -0.933. The molecule has 0 aliphatic carbocycles. The number of nitrogens with zero attached hydrogens (tertiary/aromatic N) is 1. The molecular weight excluding hydrogens is 320 g/mol. The number of benzene rings is 1. The number of anilines is 1. The molecule has 2 aromatic rings. The van der Waals surface area contributed by atoms with Gasteiger partial charge in [-0.25, -0.2) is 5.10 Å². The van der Waals surface area contributed by atoms with Crippen LogP contribution in [0.5, 0.6) is 0 Å². The molecule has 138 valence electrons. The maximum atomic E-state index is 11.7. The van der Waals surface area contributed by atoms with Gasteiger partial charge in [-0.2, -0.15) is 5.10 Å². The van der Waals surface area contributed by atoms with Crippen LogP contribution in [0.4, 0.5) is 5.82 Å². The van der Waals surface area contributed by atoms with Gasteiger partial charge >= 0.3 is 0 Å². The molecule has 0 fully saturated rings. The van der Waals surface area contributed by atoms with E-state index in [2.05, 4.69) is 20.8 Å². The third kappa shape index (κ3) is 6.19. The van der Waals surface area contributed by atoms with E-state index < -0.39 is 6.10 Å². The van der Waals surface area contributed by atoms with E-state index in [0.29, 0.717) is 37.1 Å². The van der Waals surface area contributed by atoms with Gasteiger partial charge in [-0.05, 0) is 18.9 Å². The van der Waals surface area contributed by atoms with Gasteiger partial charge in [0.1, 0.15) is 6.10 Å². The molecule has 4 N–H and O–H groups in total. The first kappa shape index (κ1) is 20.6. The van der Waals surface area contributed by atoms with Crippen LogP contribution in [0.15, 0.2) is 29.1 Å². The predicted octanol–water partition coefficient (Wildman–Crippen LogP) is 2.03. The van der Waals surface area contributed by atoms with Gasteiger partial charge in [-0.3, -0.25) is 9.59 Å². The zero-order chi connectivity index (χ0) is 18.7. The van der Waals surface area contributed by atoms with Crippen LogP contribution in [0.25, 0.3) is 10.8 Å². The predicted molar refractivity (Wildman–Crippen MR) is 101 cm³/mol. The van der Waals surface area contributed by atoms with Crippen molar-refractivity contribution in [1.29, 1.82) is 0 Å². The van der Waals surface area contributed by atoms with Crippen LogP contribution in [-0.2, 0) is 4.79 Å². The fourth-order valence-corrected chi connectivity index (χ4v) is 2.28. The van der Waals surface area contributed by atoms with E-state index in [1.807, 2.05) is 32.9 Å². The number of H-pyrrole nitrogens is 1. The van der Waals surface area contributed by atoms with E-state index in [0.717, 1.165) is 11.8 Å². The van der Waals surface area contributed by atoms with Gasteiger partial charge in [-0.1, -0.05) is 45.4 Å². The zero-order valence-electron chi connectivity index (χ0n) is 15.1. The number of carbonyl (C=O) groups is 1. The van der Waals surface area contributed by atoms with Crippen molar-refractivity contribution < 1.29 is 9.90 Å². The average molecular weight is 348 g/mol. The van der Waals surface area contributed by atoms with Crippen molar-refractivity contribution in [2.24, 2.45) is 0 Å².